The maximum Gasteiger partial charge on any atom is 0.130 e. The van der Waals surface area contributed by atoms with E-state index in [1.165, 1.54) is 12.8 Å². The van der Waals surface area contributed by atoms with Crippen LogP contribution in [0.25, 0.3) is 0 Å². The molecule has 0 bridgehead atoms. The van der Waals surface area contributed by atoms with Crippen LogP contribution in [0, 0.1) is 5.41 Å². The van der Waals surface area contributed by atoms with Crippen LogP contribution in [0.4, 0.5) is 4.39 Å². The Balaban J connectivity index is 1.77. The summed E-state index contributed by atoms with van der Waals surface area (Å²) in [6.45, 7) is 2.58. The minimum absolute atomic E-state index is 0.339. The lowest BCUT2D eigenvalue weighted by Gasteiger charge is -2.00. The van der Waals surface area contributed by atoms with Crippen molar-refractivity contribution in [2.24, 2.45) is 10.4 Å². The average molecular weight is 155 g/mol. The summed E-state index contributed by atoms with van der Waals surface area (Å²) in [6, 6.07) is 0. The molecule has 0 aromatic heterocycles. The summed E-state index contributed by atoms with van der Waals surface area (Å²) in [5.74, 6) is 0. The molecule has 0 aromatic carbocycles. The van der Waals surface area contributed by atoms with Gasteiger partial charge in [0, 0.05) is 11.6 Å². The Morgan fingerprint density at radius 2 is 2.00 bits per heavy atom. The van der Waals surface area contributed by atoms with Crippen LogP contribution < -0.4 is 0 Å². The summed E-state index contributed by atoms with van der Waals surface area (Å²) < 4.78 is 13.0. The molecule has 2 rings (SSSR count). The number of alkyl halides is 1. The SMILES string of the molecule is CC1(/C=N\CC2(F)CC2)CC1. The van der Waals surface area contributed by atoms with E-state index in [0.29, 0.717) is 12.0 Å². The Labute approximate surface area is 66.7 Å². The van der Waals surface area contributed by atoms with E-state index in [-0.39, 0.29) is 0 Å². The molecule has 0 radical (unpaired) electrons. The minimum atomic E-state index is -0.901. The van der Waals surface area contributed by atoms with E-state index in [0.717, 1.165) is 12.8 Å². The number of rotatable bonds is 3. The van der Waals surface area contributed by atoms with Gasteiger partial charge in [-0.3, -0.25) is 4.99 Å². The van der Waals surface area contributed by atoms with Crippen LogP contribution in [0.3, 0.4) is 0 Å². The zero-order valence-electron chi connectivity index (χ0n) is 6.94. The summed E-state index contributed by atoms with van der Waals surface area (Å²) in [5.41, 5.74) is -0.563. The third-order valence-electron chi connectivity index (χ3n) is 2.61. The zero-order chi connectivity index (χ0) is 7.95. The van der Waals surface area contributed by atoms with Crippen molar-refractivity contribution in [3.63, 3.8) is 0 Å². The quantitative estimate of drug-likeness (QED) is 0.555. The fourth-order valence-electron chi connectivity index (χ4n) is 1.05. The topological polar surface area (TPSA) is 12.4 Å². The van der Waals surface area contributed by atoms with Gasteiger partial charge in [-0.05, 0) is 25.7 Å². The van der Waals surface area contributed by atoms with Gasteiger partial charge >= 0.3 is 0 Å². The second kappa shape index (κ2) is 2.05. The normalized spacial score (nSPS) is 30.7. The van der Waals surface area contributed by atoms with Gasteiger partial charge in [0.05, 0.1) is 6.54 Å². The van der Waals surface area contributed by atoms with Gasteiger partial charge in [0.15, 0.2) is 0 Å². The Morgan fingerprint density at radius 3 is 2.45 bits per heavy atom. The lowest BCUT2D eigenvalue weighted by Crippen LogP contribution is -2.05. The number of halogens is 1. The molecule has 2 fully saturated rings. The van der Waals surface area contributed by atoms with Crippen LogP contribution >= 0.6 is 0 Å². The predicted octanol–water partition coefficient (Wildman–Crippen LogP) is 2.36. The largest absolute Gasteiger partial charge is 0.294 e. The van der Waals surface area contributed by atoms with Crippen molar-refractivity contribution in [3.8, 4) is 0 Å². The zero-order valence-corrected chi connectivity index (χ0v) is 6.94. The second-order valence-electron chi connectivity index (χ2n) is 4.27. The van der Waals surface area contributed by atoms with E-state index in [4.69, 9.17) is 0 Å². The standard InChI is InChI=1S/C9H14FN/c1-8(2-3-8)6-11-7-9(10)4-5-9/h6H,2-5,7H2,1H3/b11-6-. The molecule has 0 heterocycles. The molecule has 2 saturated carbocycles. The number of aliphatic imine (C=N–C) groups is 1. The summed E-state index contributed by atoms with van der Waals surface area (Å²) in [7, 11) is 0. The van der Waals surface area contributed by atoms with E-state index >= 15 is 0 Å². The summed E-state index contributed by atoms with van der Waals surface area (Å²) in [5, 5.41) is 0. The second-order valence-corrected chi connectivity index (χ2v) is 4.27. The molecule has 1 nitrogen and oxygen atoms in total. The number of hydrogen-bond acceptors (Lipinski definition) is 1. The van der Waals surface area contributed by atoms with Crippen molar-refractivity contribution < 1.29 is 4.39 Å². The Bertz CT molecular complexity index is 190. The van der Waals surface area contributed by atoms with E-state index in [9.17, 15) is 4.39 Å². The highest BCUT2D eigenvalue weighted by molar-refractivity contribution is 5.68. The Kier molecular flexibility index (Phi) is 1.35. The minimum Gasteiger partial charge on any atom is -0.294 e. The highest BCUT2D eigenvalue weighted by Gasteiger charge is 2.43. The Hall–Kier alpha value is -0.400. The van der Waals surface area contributed by atoms with Crippen LogP contribution in [-0.2, 0) is 0 Å². The Morgan fingerprint density at radius 1 is 1.36 bits per heavy atom. The maximum atomic E-state index is 13.0. The highest BCUT2D eigenvalue weighted by atomic mass is 19.1. The first-order chi connectivity index (χ1) is 5.12. The average Bonchev–Trinajstić information content (AvgIpc) is 2.78. The first kappa shape index (κ1) is 7.26. The summed E-state index contributed by atoms with van der Waals surface area (Å²) in [4.78, 5) is 4.14. The maximum absolute atomic E-state index is 13.0. The van der Waals surface area contributed by atoms with Crippen molar-refractivity contribution in [3.05, 3.63) is 0 Å². The molecule has 11 heavy (non-hydrogen) atoms. The fraction of sp³-hybridized carbons (Fsp3) is 0.889. The van der Waals surface area contributed by atoms with Gasteiger partial charge < -0.3 is 0 Å². The van der Waals surface area contributed by atoms with Gasteiger partial charge in [-0.15, -0.1) is 0 Å². The molecule has 0 aliphatic heterocycles. The lowest BCUT2D eigenvalue weighted by atomic mass is 10.2. The molecule has 0 amide bonds. The smallest absolute Gasteiger partial charge is 0.130 e. The van der Waals surface area contributed by atoms with Gasteiger partial charge in [0.2, 0.25) is 0 Å². The van der Waals surface area contributed by atoms with Crippen LogP contribution in [0.5, 0.6) is 0 Å². The van der Waals surface area contributed by atoms with Crippen LogP contribution in [-0.4, -0.2) is 18.4 Å². The van der Waals surface area contributed by atoms with E-state index < -0.39 is 5.67 Å². The first-order valence-corrected chi connectivity index (χ1v) is 4.32. The number of hydrogen-bond donors (Lipinski definition) is 0. The molecule has 0 aromatic rings. The van der Waals surface area contributed by atoms with Crippen molar-refractivity contribution in [1.29, 1.82) is 0 Å². The van der Waals surface area contributed by atoms with Crippen LogP contribution in [0.2, 0.25) is 0 Å². The lowest BCUT2D eigenvalue weighted by molar-refractivity contribution is 0.319. The van der Waals surface area contributed by atoms with Crippen LogP contribution in [0.1, 0.15) is 32.6 Å². The molecular weight excluding hydrogens is 141 g/mol. The molecule has 0 unspecified atom stereocenters. The molecule has 0 spiro atoms. The molecule has 2 aliphatic rings. The predicted molar refractivity (Wildman–Crippen MR) is 43.8 cm³/mol. The van der Waals surface area contributed by atoms with E-state index in [1.54, 1.807) is 0 Å². The van der Waals surface area contributed by atoms with Gasteiger partial charge in [0.25, 0.3) is 0 Å². The third-order valence-corrected chi connectivity index (χ3v) is 2.61. The molecule has 2 heteroatoms. The van der Waals surface area contributed by atoms with Gasteiger partial charge in [-0.25, -0.2) is 4.39 Å². The van der Waals surface area contributed by atoms with Crippen molar-refractivity contribution in [2.45, 2.75) is 38.3 Å². The summed E-state index contributed by atoms with van der Waals surface area (Å²) >= 11 is 0. The number of nitrogens with zero attached hydrogens (tertiary/aromatic N) is 1. The van der Waals surface area contributed by atoms with E-state index in [1.807, 2.05) is 6.21 Å². The van der Waals surface area contributed by atoms with Gasteiger partial charge in [0.1, 0.15) is 5.67 Å². The monoisotopic (exact) mass is 155 g/mol. The molecule has 0 N–H and O–H groups in total. The first-order valence-electron chi connectivity index (χ1n) is 4.32. The van der Waals surface area contributed by atoms with E-state index in [2.05, 4.69) is 11.9 Å². The highest BCUT2D eigenvalue weighted by Crippen LogP contribution is 2.44. The van der Waals surface area contributed by atoms with Crippen molar-refractivity contribution in [2.75, 3.05) is 6.54 Å². The summed E-state index contributed by atoms with van der Waals surface area (Å²) in [6.07, 6.45) is 5.86. The van der Waals surface area contributed by atoms with Crippen molar-refractivity contribution >= 4 is 6.21 Å². The molecular formula is C9H14FN. The molecule has 0 saturated heterocycles. The van der Waals surface area contributed by atoms with Crippen molar-refractivity contribution in [1.82, 2.24) is 0 Å². The third kappa shape index (κ3) is 1.79. The molecule has 62 valence electrons. The van der Waals surface area contributed by atoms with Gasteiger partial charge in [-0.1, -0.05) is 6.92 Å². The van der Waals surface area contributed by atoms with Gasteiger partial charge in [-0.2, -0.15) is 0 Å². The molecule has 0 atom stereocenters. The molecule has 2 aliphatic carbocycles. The fourth-order valence-corrected chi connectivity index (χ4v) is 1.05. The van der Waals surface area contributed by atoms with Crippen LogP contribution in [0.15, 0.2) is 4.99 Å².